The molecule has 3 aromatic carbocycles. The molecule has 0 bridgehead atoms. The molecule has 0 aliphatic heterocycles. The second-order valence-corrected chi connectivity index (χ2v) is 6.03. The van der Waals surface area contributed by atoms with E-state index < -0.39 is 0 Å². The number of anilines is 1. The van der Waals surface area contributed by atoms with Crippen LogP contribution in [0.1, 0.15) is 21.5 Å². The second kappa shape index (κ2) is 7.77. The van der Waals surface area contributed by atoms with Crippen LogP contribution in [0.5, 0.6) is 0 Å². The van der Waals surface area contributed by atoms with E-state index in [0.29, 0.717) is 21.8 Å². The van der Waals surface area contributed by atoms with E-state index in [9.17, 15) is 9.59 Å². The van der Waals surface area contributed by atoms with E-state index >= 15 is 0 Å². The van der Waals surface area contributed by atoms with Gasteiger partial charge >= 0.3 is 0 Å². The van der Waals surface area contributed by atoms with Crippen molar-refractivity contribution in [2.24, 2.45) is 0 Å². The van der Waals surface area contributed by atoms with Crippen LogP contribution in [-0.4, -0.2) is 11.7 Å². The lowest BCUT2D eigenvalue weighted by atomic mass is 10.0. The van der Waals surface area contributed by atoms with Crippen LogP contribution in [0.2, 0.25) is 5.02 Å². The lowest BCUT2D eigenvalue weighted by Gasteiger charge is -2.10. The van der Waals surface area contributed by atoms with Gasteiger partial charge in [-0.3, -0.25) is 9.59 Å². The molecular formula is C21H16ClNO2. The van der Waals surface area contributed by atoms with Crippen LogP contribution in [0.25, 0.3) is 0 Å². The molecule has 124 valence electrons. The van der Waals surface area contributed by atoms with E-state index in [0.717, 1.165) is 5.56 Å². The predicted molar refractivity (Wildman–Crippen MR) is 100 cm³/mol. The summed E-state index contributed by atoms with van der Waals surface area (Å²) in [5.41, 5.74) is 2.42. The van der Waals surface area contributed by atoms with E-state index in [1.165, 1.54) is 0 Å². The van der Waals surface area contributed by atoms with E-state index in [2.05, 4.69) is 5.32 Å². The molecule has 3 rings (SSSR count). The van der Waals surface area contributed by atoms with Gasteiger partial charge in [0.25, 0.3) is 0 Å². The van der Waals surface area contributed by atoms with E-state index in [-0.39, 0.29) is 18.1 Å². The first-order valence-electron chi connectivity index (χ1n) is 7.86. The maximum absolute atomic E-state index is 12.7. The second-order valence-electron chi connectivity index (χ2n) is 5.59. The highest BCUT2D eigenvalue weighted by molar-refractivity contribution is 6.30. The first-order chi connectivity index (χ1) is 12.1. The Morgan fingerprint density at radius 1 is 0.800 bits per heavy atom. The summed E-state index contributed by atoms with van der Waals surface area (Å²) in [6.45, 7) is 0. The van der Waals surface area contributed by atoms with Crippen LogP contribution in [0.3, 0.4) is 0 Å². The highest BCUT2D eigenvalue weighted by Crippen LogP contribution is 2.20. The Balaban J connectivity index is 1.78. The van der Waals surface area contributed by atoms with Gasteiger partial charge in [0.15, 0.2) is 5.78 Å². The van der Waals surface area contributed by atoms with Crippen LogP contribution in [0, 0.1) is 0 Å². The van der Waals surface area contributed by atoms with Crippen LogP contribution in [0.4, 0.5) is 5.69 Å². The van der Waals surface area contributed by atoms with Crippen molar-refractivity contribution in [2.75, 3.05) is 5.32 Å². The molecule has 0 fully saturated rings. The van der Waals surface area contributed by atoms with E-state index in [1.54, 1.807) is 48.5 Å². The summed E-state index contributed by atoms with van der Waals surface area (Å²) in [6, 6.07) is 23.1. The Kier molecular flexibility index (Phi) is 5.26. The first kappa shape index (κ1) is 16.9. The van der Waals surface area contributed by atoms with Crippen LogP contribution in [0.15, 0.2) is 78.9 Å². The Morgan fingerprint density at radius 3 is 2.16 bits per heavy atom. The van der Waals surface area contributed by atoms with Crippen molar-refractivity contribution in [3.8, 4) is 0 Å². The molecule has 0 aliphatic carbocycles. The molecule has 0 saturated carbocycles. The Bertz CT molecular complexity index is 889. The minimum atomic E-state index is -0.185. The molecule has 0 aliphatic rings. The number of halogens is 1. The summed E-state index contributed by atoms with van der Waals surface area (Å²) in [5.74, 6) is -0.307. The monoisotopic (exact) mass is 349 g/mol. The minimum absolute atomic E-state index is 0.122. The molecule has 0 aromatic heterocycles. The van der Waals surface area contributed by atoms with Gasteiger partial charge in [0.2, 0.25) is 5.91 Å². The quantitative estimate of drug-likeness (QED) is 0.675. The molecule has 1 amide bonds. The predicted octanol–water partition coefficient (Wildman–Crippen LogP) is 4.75. The third kappa shape index (κ3) is 4.34. The van der Waals surface area contributed by atoms with Crippen LogP contribution in [-0.2, 0) is 11.2 Å². The maximum atomic E-state index is 12.7. The summed E-state index contributed by atoms with van der Waals surface area (Å²) in [7, 11) is 0. The number of para-hydroxylation sites is 1. The molecule has 0 radical (unpaired) electrons. The summed E-state index contributed by atoms with van der Waals surface area (Å²) >= 11 is 5.85. The Morgan fingerprint density at radius 2 is 1.44 bits per heavy atom. The minimum Gasteiger partial charge on any atom is -0.325 e. The standard InChI is InChI=1S/C21H16ClNO2/c22-17-12-10-15(11-13-17)14-20(24)23-19-9-5-4-8-18(19)21(25)16-6-2-1-3-7-16/h1-13H,14H2,(H,23,24). The van der Waals surface area contributed by atoms with Crippen molar-refractivity contribution in [3.63, 3.8) is 0 Å². The summed E-state index contributed by atoms with van der Waals surface area (Å²) in [4.78, 5) is 25.0. The summed E-state index contributed by atoms with van der Waals surface area (Å²) in [6.07, 6.45) is 0.213. The molecule has 3 nitrogen and oxygen atoms in total. The summed E-state index contributed by atoms with van der Waals surface area (Å²) in [5, 5.41) is 3.46. The number of rotatable bonds is 5. The Labute approximate surface area is 151 Å². The number of amides is 1. The smallest absolute Gasteiger partial charge is 0.228 e. The van der Waals surface area contributed by atoms with Gasteiger partial charge in [-0.05, 0) is 29.8 Å². The zero-order valence-corrected chi connectivity index (χ0v) is 14.2. The largest absolute Gasteiger partial charge is 0.325 e. The number of ketones is 1. The van der Waals surface area contributed by atoms with Gasteiger partial charge in [0, 0.05) is 16.1 Å². The average molecular weight is 350 g/mol. The van der Waals surface area contributed by atoms with Gasteiger partial charge in [-0.15, -0.1) is 0 Å². The first-order valence-corrected chi connectivity index (χ1v) is 8.24. The fourth-order valence-electron chi connectivity index (χ4n) is 2.52. The number of carbonyl (C=O) groups is 2. The maximum Gasteiger partial charge on any atom is 0.228 e. The highest BCUT2D eigenvalue weighted by atomic mass is 35.5. The number of hydrogen-bond donors (Lipinski definition) is 1. The molecule has 1 N–H and O–H groups in total. The van der Waals surface area contributed by atoms with Crippen LogP contribution >= 0.6 is 11.6 Å². The molecule has 25 heavy (non-hydrogen) atoms. The molecular weight excluding hydrogens is 334 g/mol. The topological polar surface area (TPSA) is 46.2 Å². The molecule has 0 saturated heterocycles. The number of hydrogen-bond acceptors (Lipinski definition) is 2. The Hall–Kier alpha value is -2.91. The van der Waals surface area contributed by atoms with Gasteiger partial charge in [-0.25, -0.2) is 0 Å². The van der Waals surface area contributed by atoms with Crippen molar-refractivity contribution >= 4 is 29.0 Å². The van der Waals surface area contributed by atoms with Crippen molar-refractivity contribution in [1.82, 2.24) is 0 Å². The number of carbonyl (C=O) groups excluding carboxylic acids is 2. The van der Waals surface area contributed by atoms with Gasteiger partial charge in [0.05, 0.1) is 12.1 Å². The van der Waals surface area contributed by atoms with E-state index in [1.807, 2.05) is 30.3 Å². The van der Waals surface area contributed by atoms with Gasteiger partial charge in [-0.1, -0.05) is 66.2 Å². The zero-order chi connectivity index (χ0) is 17.6. The third-order valence-electron chi connectivity index (χ3n) is 3.76. The van der Waals surface area contributed by atoms with Crippen molar-refractivity contribution in [1.29, 1.82) is 0 Å². The van der Waals surface area contributed by atoms with Gasteiger partial charge in [-0.2, -0.15) is 0 Å². The third-order valence-corrected chi connectivity index (χ3v) is 4.01. The molecule has 3 aromatic rings. The fourth-order valence-corrected chi connectivity index (χ4v) is 2.64. The SMILES string of the molecule is O=C(Cc1ccc(Cl)cc1)Nc1ccccc1C(=O)c1ccccc1. The van der Waals surface area contributed by atoms with Crippen LogP contribution < -0.4 is 5.32 Å². The molecule has 0 heterocycles. The van der Waals surface area contributed by atoms with E-state index in [4.69, 9.17) is 11.6 Å². The molecule has 0 spiro atoms. The average Bonchev–Trinajstić information content (AvgIpc) is 2.64. The normalized spacial score (nSPS) is 10.3. The van der Waals surface area contributed by atoms with Crippen molar-refractivity contribution < 1.29 is 9.59 Å². The number of nitrogens with one attached hydrogen (secondary N) is 1. The van der Waals surface area contributed by atoms with Crippen molar-refractivity contribution in [2.45, 2.75) is 6.42 Å². The fraction of sp³-hybridized carbons (Fsp3) is 0.0476. The lowest BCUT2D eigenvalue weighted by molar-refractivity contribution is -0.115. The molecule has 4 heteroatoms. The highest BCUT2D eigenvalue weighted by Gasteiger charge is 2.14. The van der Waals surface area contributed by atoms with Gasteiger partial charge in [0.1, 0.15) is 0 Å². The lowest BCUT2D eigenvalue weighted by Crippen LogP contribution is -2.17. The zero-order valence-electron chi connectivity index (χ0n) is 13.4. The number of benzene rings is 3. The van der Waals surface area contributed by atoms with Crippen molar-refractivity contribution in [3.05, 3.63) is 101 Å². The summed E-state index contributed by atoms with van der Waals surface area (Å²) < 4.78 is 0. The molecule has 0 unspecified atom stereocenters. The van der Waals surface area contributed by atoms with Gasteiger partial charge < -0.3 is 5.32 Å². The molecule has 0 atom stereocenters.